The van der Waals surface area contributed by atoms with Crippen LogP contribution in [0.5, 0.6) is 5.75 Å². The number of carbonyl (C=O) groups excluding carboxylic acids is 3. The molecule has 242 valence electrons. The molecular weight excluding hydrogens is 581 g/mol. The number of rotatable bonds is 11. The quantitative estimate of drug-likeness (QED) is 0.338. The maximum Gasteiger partial charge on any atom is 0.471 e. The number of likely N-dealkylation sites (tertiary alicyclic amines) is 1. The Labute approximate surface area is 255 Å². The zero-order valence-electron chi connectivity index (χ0n) is 26.0. The van der Waals surface area contributed by atoms with Crippen molar-refractivity contribution in [2.45, 2.75) is 78.6 Å². The largest absolute Gasteiger partial charge is 0.471 e. The summed E-state index contributed by atoms with van der Waals surface area (Å²) in [5.74, 6) is -2.35. The molecule has 1 atom stereocenters. The molecule has 2 aromatic rings. The summed E-state index contributed by atoms with van der Waals surface area (Å²) in [4.78, 5) is 50.8. The van der Waals surface area contributed by atoms with Gasteiger partial charge in [-0.3, -0.25) is 4.79 Å². The fourth-order valence-electron chi connectivity index (χ4n) is 4.63. The van der Waals surface area contributed by atoms with Gasteiger partial charge in [0.25, 0.3) is 0 Å². The molecule has 44 heavy (non-hydrogen) atoms. The summed E-state index contributed by atoms with van der Waals surface area (Å²) in [5.41, 5.74) is -0.455. The summed E-state index contributed by atoms with van der Waals surface area (Å²) in [7, 11) is 0. The number of aromatic nitrogens is 2. The lowest BCUT2D eigenvalue weighted by molar-refractivity contribution is -0.170. The van der Waals surface area contributed by atoms with E-state index in [1.165, 1.54) is 6.92 Å². The Kier molecular flexibility index (Phi) is 11.4. The van der Waals surface area contributed by atoms with Gasteiger partial charge < -0.3 is 29.5 Å². The molecule has 0 radical (unpaired) electrons. The molecule has 1 saturated heterocycles. The van der Waals surface area contributed by atoms with Crippen LogP contribution >= 0.6 is 0 Å². The van der Waals surface area contributed by atoms with E-state index in [4.69, 9.17) is 9.47 Å². The second kappa shape index (κ2) is 14.6. The number of anilines is 3. The van der Waals surface area contributed by atoms with Gasteiger partial charge in [-0.2, -0.15) is 18.2 Å². The Morgan fingerprint density at radius 2 is 1.61 bits per heavy atom. The van der Waals surface area contributed by atoms with E-state index in [9.17, 15) is 27.6 Å². The van der Waals surface area contributed by atoms with Crippen LogP contribution in [-0.4, -0.2) is 83.4 Å². The van der Waals surface area contributed by atoms with Crippen LogP contribution in [0.2, 0.25) is 0 Å². The molecule has 1 aromatic carbocycles. The van der Waals surface area contributed by atoms with Crippen LogP contribution in [-0.2, 0) is 20.7 Å². The van der Waals surface area contributed by atoms with E-state index in [0.29, 0.717) is 42.4 Å². The number of hydrogen-bond acceptors (Lipinski definition) is 9. The maximum absolute atomic E-state index is 13.5. The SMILES string of the molecule is CCN(CC)c1ncc(N(CC)C(=O)C(F)(F)F)c(NC(Cc2ccc(OC(=O)N3CCCC3)cc2)C(=O)OC(C)(C)C)n1. The van der Waals surface area contributed by atoms with Gasteiger partial charge in [0, 0.05) is 39.1 Å². The number of esters is 1. The first-order valence-electron chi connectivity index (χ1n) is 14.7. The minimum Gasteiger partial charge on any atom is -0.458 e. The zero-order valence-corrected chi connectivity index (χ0v) is 26.0. The lowest BCUT2D eigenvalue weighted by Gasteiger charge is -2.29. The highest BCUT2D eigenvalue weighted by atomic mass is 19.4. The molecule has 1 aliphatic heterocycles. The Hall–Kier alpha value is -4.10. The molecule has 14 heteroatoms. The fraction of sp³-hybridized carbons (Fsp3) is 0.567. The Morgan fingerprint density at radius 3 is 2.14 bits per heavy atom. The molecule has 0 aliphatic carbocycles. The number of alkyl halides is 3. The number of amides is 2. The molecule has 1 N–H and O–H groups in total. The van der Waals surface area contributed by atoms with Crippen LogP contribution in [0.15, 0.2) is 30.5 Å². The van der Waals surface area contributed by atoms with E-state index in [1.807, 2.05) is 13.8 Å². The van der Waals surface area contributed by atoms with Gasteiger partial charge in [-0.25, -0.2) is 14.6 Å². The van der Waals surface area contributed by atoms with Crippen LogP contribution in [0, 0.1) is 0 Å². The maximum atomic E-state index is 13.5. The van der Waals surface area contributed by atoms with Crippen molar-refractivity contribution >= 4 is 35.4 Å². The van der Waals surface area contributed by atoms with E-state index in [0.717, 1.165) is 19.0 Å². The van der Waals surface area contributed by atoms with Crippen molar-refractivity contribution in [2.24, 2.45) is 0 Å². The number of benzene rings is 1. The van der Waals surface area contributed by atoms with Gasteiger partial charge in [-0.1, -0.05) is 12.1 Å². The van der Waals surface area contributed by atoms with Crippen molar-refractivity contribution in [3.8, 4) is 5.75 Å². The molecule has 0 spiro atoms. The van der Waals surface area contributed by atoms with Gasteiger partial charge in [-0.15, -0.1) is 0 Å². The Morgan fingerprint density at radius 1 is 1.00 bits per heavy atom. The van der Waals surface area contributed by atoms with Crippen LogP contribution in [0.1, 0.15) is 59.9 Å². The number of ether oxygens (including phenoxy) is 2. The van der Waals surface area contributed by atoms with Crippen molar-refractivity contribution in [2.75, 3.05) is 47.8 Å². The summed E-state index contributed by atoms with van der Waals surface area (Å²) < 4.78 is 51.6. The van der Waals surface area contributed by atoms with Gasteiger partial charge in [0.2, 0.25) is 5.95 Å². The minimum atomic E-state index is -5.14. The molecular formula is C30H41F3N6O5. The molecule has 1 unspecified atom stereocenters. The predicted molar refractivity (Wildman–Crippen MR) is 160 cm³/mol. The highest BCUT2D eigenvalue weighted by Gasteiger charge is 2.43. The molecule has 11 nitrogen and oxygen atoms in total. The third-order valence-electron chi connectivity index (χ3n) is 6.83. The predicted octanol–water partition coefficient (Wildman–Crippen LogP) is 5.20. The standard InChI is InChI=1S/C30H41F3N6O5/c1-7-37(8-2)27-34-19-23(39(9-3)26(41)30(31,32)33)24(36-27)35-22(25(40)44-29(4,5)6)18-20-12-14-21(15-13-20)43-28(42)38-16-10-11-17-38/h12-15,19,22H,7-11,16-18H2,1-6H3,(H,34,35,36). The molecule has 0 bridgehead atoms. The first-order valence-corrected chi connectivity index (χ1v) is 14.7. The number of nitrogens with zero attached hydrogens (tertiary/aromatic N) is 5. The van der Waals surface area contributed by atoms with Crippen molar-refractivity contribution < 1.29 is 37.0 Å². The normalized spacial score (nSPS) is 14.2. The van der Waals surface area contributed by atoms with Crippen LogP contribution in [0.4, 0.5) is 35.4 Å². The van der Waals surface area contributed by atoms with Gasteiger partial charge in [0.05, 0.1) is 6.20 Å². The topological polar surface area (TPSA) is 117 Å². The molecule has 2 heterocycles. The summed E-state index contributed by atoms with van der Waals surface area (Å²) >= 11 is 0. The van der Waals surface area contributed by atoms with Crippen molar-refractivity contribution in [3.63, 3.8) is 0 Å². The Bertz CT molecular complexity index is 1290. The van der Waals surface area contributed by atoms with E-state index in [-0.39, 0.29) is 30.4 Å². The van der Waals surface area contributed by atoms with Crippen LogP contribution < -0.4 is 19.9 Å². The summed E-state index contributed by atoms with van der Waals surface area (Å²) in [6.07, 6.45) is -2.53. The molecule has 3 rings (SSSR count). The third-order valence-corrected chi connectivity index (χ3v) is 6.83. The lowest BCUT2D eigenvalue weighted by atomic mass is 10.0. The van der Waals surface area contributed by atoms with Crippen molar-refractivity contribution in [1.29, 1.82) is 0 Å². The molecule has 1 fully saturated rings. The second-order valence-electron chi connectivity index (χ2n) is 11.3. The smallest absolute Gasteiger partial charge is 0.458 e. The number of carbonyl (C=O) groups is 3. The summed E-state index contributed by atoms with van der Waals surface area (Å²) in [6.45, 7) is 12.2. The molecule has 2 amide bonds. The van der Waals surface area contributed by atoms with Crippen LogP contribution in [0.25, 0.3) is 0 Å². The van der Waals surface area contributed by atoms with Gasteiger partial charge in [0.1, 0.15) is 23.1 Å². The molecule has 1 aliphatic rings. The van der Waals surface area contributed by atoms with Gasteiger partial charge in [-0.05, 0) is 72.1 Å². The number of hydrogen-bond donors (Lipinski definition) is 1. The zero-order chi connectivity index (χ0) is 32.7. The minimum absolute atomic E-state index is 0.0403. The van der Waals surface area contributed by atoms with Crippen LogP contribution in [0.3, 0.4) is 0 Å². The van der Waals surface area contributed by atoms with Gasteiger partial charge in [0.15, 0.2) is 5.82 Å². The monoisotopic (exact) mass is 622 g/mol. The summed E-state index contributed by atoms with van der Waals surface area (Å²) in [6, 6.07) is 5.44. The average molecular weight is 623 g/mol. The second-order valence-corrected chi connectivity index (χ2v) is 11.3. The first-order chi connectivity index (χ1) is 20.7. The highest BCUT2D eigenvalue weighted by Crippen LogP contribution is 2.31. The van der Waals surface area contributed by atoms with E-state index in [1.54, 1.807) is 54.8 Å². The number of halogens is 3. The first kappa shape index (κ1) is 34.4. The van der Waals surface area contributed by atoms with Crippen molar-refractivity contribution in [1.82, 2.24) is 14.9 Å². The van der Waals surface area contributed by atoms with E-state index in [2.05, 4.69) is 15.3 Å². The van der Waals surface area contributed by atoms with E-state index < -0.39 is 35.8 Å². The summed E-state index contributed by atoms with van der Waals surface area (Å²) in [5, 5.41) is 2.96. The fourth-order valence-corrected chi connectivity index (χ4v) is 4.63. The molecule has 1 aromatic heterocycles. The Balaban J connectivity index is 1.97. The lowest BCUT2D eigenvalue weighted by Crippen LogP contribution is -2.43. The highest BCUT2D eigenvalue weighted by molar-refractivity contribution is 5.99. The third kappa shape index (κ3) is 9.20. The average Bonchev–Trinajstić information content (AvgIpc) is 3.50. The molecule has 0 saturated carbocycles. The number of nitrogens with one attached hydrogen (secondary N) is 1. The van der Waals surface area contributed by atoms with Gasteiger partial charge >= 0.3 is 24.1 Å². The van der Waals surface area contributed by atoms with E-state index >= 15 is 0 Å². The van der Waals surface area contributed by atoms with Crippen molar-refractivity contribution in [3.05, 3.63) is 36.0 Å².